The third-order valence-corrected chi connectivity index (χ3v) is 5.00. The minimum atomic E-state index is 0.327. The van der Waals surface area contributed by atoms with Crippen LogP contribution in [0.1, 0.15) is 12.8 Å². The second kappa shape index (κ2) is 5.56. The van der Waals surface area contributed by atoms with Gasteiger partial charge in [-0.2, -0.15) is 0 Å². The minimum absolute atomic E-state index is 0.327. The molecule has 6 heteroatoms. The fourth-order valence-electron chi connectivity index (χ4n) is 2.18. The van der Waals surface area contributed by atoms with Gasteiger partial charge in [0, 0.05) is 35.2 Å². The van der Waals surface area contributed by atoms with Crippen molar-refractivity contribution in [2.45, 2.75) is 18.9 Å². The highest BCUT2D eigenvalue weighted by atomic mass is 79.9. The fourth-order valence-corrected chi connectivity index (χ4v) is 3.58. The summed E-state index contributed by atoms with van der Waals surface area (Å²) in [7, 11) is 0. The molecule has 0 spiro atoms. The molecule has 0 amide bonds. The van der Waals surface area contributed by atoms with Crippen LogP contribution in [0, 0.1) is 0 Å². The maximum absolute atomic E-state index is 5.93. The van der Waals surface area contributed by atoms with Gasteiger partial charge >= 0.3 is 0 Å². The molecular formula is C13H15BrN4S. The summed E-state index contributed by atoms with van der Waals surface area (Å²) in [5.41, 5.74) is 6.91. The van der Waals surface area contributed by atoms with Gasteiger partial charge in [0.25, 0.3) is 0 Å². The highest BCUT2D eigenvalue weighted by Gasteiger charge is 2.18. The molecule has 0 saturated carbocycles. The number of hydrogen-bond donors (Lipinski definition) is 1. The van der Waals surface area contributed by atoms with Crippen LogP contribution in [0.15, 0.2) is 28.2 Å². The standard InChI is InChI=1S/C13H15BrN4S/c14-9-7-12(19-8-9)11-1-4-16-13(17-11)18-5-2-10(15)3-6-18/h1,4,7-8,10H,2-3,5-6,15H2. The summed E-state index contributed by atoms with van der Waals surface area (Å²) in [5, 5.41) is 2.07. The highest BCUT2D eigenvalue weighted by molar-refractivity contribution is 9.10. The lowest BCUT2D eigenvalue weighted by atomic mass is 10.1. The number of hydrogen-bond acceptors (Lipinski definition) is 5. The lowest BCUT2D eigenvalue weighted by molar-refractivity contribution is 0.495. The van der Waals surface area contributed by atoms with Gasteiger partial charge in [-0.05, 0) is 40.9 Å². The van der Waals surface area contributed by atoms with E-state index in [1.807, 2.05) is 12.3 Å². The normalized spacial score (nSPS) is 16.8. The number of rotatable bonds is 2. The number of thiophene rings is 1. The summed E-state index contributed by atoms with van der Waals surface area (Å²) < 4.78 is 1.09. The third-order valence-electron chi connectivity index (χ3n) is 3.29. The largest absolute Gasteiger partial charge is 0.341 e. The number of aromatic nitrogens is 2. The zero-order valence-electron chi connectivity index (χ0n) is 10.4. The molecule has 0 aliphatic carbocycles. The second-order valence-electron chi connectivity index (χ2n) is 4.70. The number of nitrogens with two attached hydrogens (primary N) is 1. The molecule has 2 aromatic heterocycles. The van der Waals surface area contributed by atoms with Crippen LogP contribution in [0.4, 0.5) is 5.95 Å². The van der Waals surface area contributed by atoms with Crippen molar-refractivity contribution < 1.29 is 0 Å². The van der Waals surface area contributed by atoms with Gasteiger partial charge in [0.05, 0.1) is 10.6 Å². The van der Waals surface area contributed by atoms with E-state index >= 15 is 0 Å². The second-order valence-corrected chi connectivity index (χ2v) is 6.52. The van der Waals surface area contributed by atoms with Crippen molar-refractivity contribution in [2.24, 2.45) is 5.73 Å². The van der Waals surface area contributed by atoms with Crippen LogP contribution in [0.2, 0.25) is 0 Å². The van der Waals surface area contributed by atoms with Crippen LogP contribution in [-0.2, 0) is 0 Å². The Morgan fingerprint density at radius 3 is 2.84 bits per heavy atom. The maximum Gasteiger partial charge on any atom is 0.225 e. The summed E-state index contributed by atoms with van der Waals surface area (Å²) in [6.07, 6.45) is 3.86. The Labute approximate surface area is 124 Å². The van der Waals surface area contributed by atoms with Gasteiger partial charge < -0.3 is 10.6 Å². The molecule has 1 saturated heterocycles. The first-order valence-electron chi connectivity index (χ1n) is 6.30. The molecule has 0 radical (unpaired) electrons. The molecule has 3 rings (SSSR count). The van der Waals surface area contributed by atoms with Crippen molar-refractivity contribution in [1.82, 2.24) is 9.97 Å². The topological polar surface area (TPSA) is 55.0 Å². The summed E-state index contributed by atoms with van der Waals surface area (Å²) in [4.78, 5) is 12.4. The SMILES string of the molecule is NC1CCN(c2nccc(-c3cc(Br)cs3)n2)CC1. The molecule has 19 heavy (non-hydrogen) atoms. The van der Waals surface area contributed by atoms with Crippen LogP contribution in [-0.4, -0.2) is 29.1 Å². The van der Waals surface area contributed by atoms with E-state index in [1.165, 1.54) is 0 Å². The Balaban J connectivity index is 1.84. The van der Waals surface area contributed by atoms with E-state index in [4.69, 9.17) is 5.73 Å². The molecule has 1 fully saturated rings. The first-order valence-corrected chi connectivity index (χ1v) is 7.97. The van der Waals surface area contributed by atoms with Crippen LogP contribution in [0.5, 0.6) is 0 Å². The number of nitrogens with zero attached hydrogens (tertiary/aromatic N) is 3. The van der Waals surface area contributed by atoms with Gasteiger partial charge in [0.2, 0.25) is 5.95 Å². The Hall–Kier alpha value is -0.980. The molecule has 2 aromatic rings. The van der Waals surface area contributed by atoms with E-state index in [1.54, 1.807) is 11.3 Å². The van der Waals surface area contributed by atoms with Gasteiger partial charge in [0.1, 0.15) is 0 Å². The van der Waals surface area contributed by atoms with E-state index in [9.17, 15) is 0 Å². The Morgan fingerprint density at radius 1 is 1.37 bits per heavy atom. The van der Waals surface area contributed by atoms with Crippen molar-refractivity contribution in [3.63, 3.8) is 0 Å². The summed E-state index contributed by atoms with van der Waals surface area (Å²) in [6, 6.07) is 4.37. The predicted molar refractivity (Wildman–Crippen MR) is 82.5 cm³/mol. The lowest BCUT2D eigenvalue weighted by Crippen LogP contribution is -2.40. The molecule has 1 aliphatic rings. The van der Waals surface area contributed by atoms with Crippen LogP contribution in [0.25, 0.3) is 10.6 Å². The molecule has 3 heterocycles. The average molecular weight is 339 g/mol. The summed E-state index contributed by atoms with van der Waals surface area (Å²) in [6.45, 7) is 1.89. The third kappa shape index (κ3) is 2.96. The first-order chi connectivity index (χ1) is 9.22. The first kappa shape index (κ1) is 13.0. The highest BCUT2D eigenvalue weighted by Crippen LogP contribution is 2.29. The molecular weight excluding hydrogens is 324 g/mol. The Kier molecular flexibility index (Phi) is 3.81. The zero-order chi connectivity index (χ0) is 13.2. The van der Waals surface area contributed by atoms with Crippen molar-refractivity contribution >= 4 is 33.2 Å². The maximum atomic E-state index is 5.93. The van der Waals surface area contributed by atoms with E-state index in [2.05, 4.69) is 42.2 Å². The van der Waals surface area contributed by atoms with Gasteiger partial charge in [-0.1, -0.05) is 0 Å². The van der Waals surface area contributed by atoms with Crippen LogP contribution >= 0.6 is 27.3 Å². The van der Waals surface area contributed by atoms with Gasteiger partial charge in [-0.25, -0.2) is 9.97 Å². The van der Waals surface area contributed by atoms with Crippen LogP contribution in [0.3, 0.4) is 0 Å². The molecule has 0 aromatic carbocycles. The smallest absolute Gasteiger partial charge is 0.225 e. The number of piperidine rings is 1. The molecule has 100 valence electrons. The molecule has 0 bridgehead atoms. The van der Waals surface area contributed by atoms with Gasteiger partial charge in [-0.15, -0.1) is 11.3 Å². The van der Waals surface area contributed by atoms with E-state index < -0.39 is 0 Å². The zero-order valence-corrected chi connectivity index (χ0v) is 12.8. The van der Waals surface area contributed by atoms with Crippen molar-refractivity contribution in [2.75, 3.05) is 18.0 Å². The average Bonchev–Trinajstić information content (AvgIpc) is 2.86. The summed E-state index contributed by atoms with van der Waals surface area (Å²) >= 11 is 5.16. The van der Waals surface area contributed by atoms with Gasteiger partial charge in [-0.3, -0.25) is 0 Å². The number of anilines is 1. The molecule has 2 N–H and O–H groups in total. The summed E-state index contributed by atoms with van der Waals surface area (Å²) in [5.74, 6) is 0.814. The Morgan fingerprint density at radius 2 is 2.16 bits per heavy atom. The fraction of sp³-hybridized carbons (Fsp3) is 0.385. The predicted octanol–water partition coefficient (Wildman–Crippen LogP) is 2.90. The van der Waals surface area contributed by atoms with E-state index in [-0.39, 0.29) is 0 Å². The quantitative estimate of drug-likeness (QED) is 0.914. The van der Waals surface area contributed by atoms with E-state index in [0.717, 1.165) is 46.9 Å². The number of halogens is 1. The molecule has 0 unspecified atom stereocenters. The monoisotopic (exact) mass is 338 g/mol. The van der Waals surface area contributed by atoms with Gasteiger partial charge in [0.15, 0.2) is 0 Å². The Bertz CT molecular complexity index is 563. The van der Waals surface area contributed by atoms with Crippen LogP contribution < -0.4 is 10.6 Å². The van der Waals surface area contributed by atoms with Crippen molar-refractivity contribution in [3.05, 3.63) is 28.2 Å². The molecule has 4 nitrogen and oxygen atoms in total. The minimum Gasteiger partial charge on any atom is -0.341 e. The lowest BCUT2D eigenvalue weighted by Gasteiger charge is -2.30. The molecule has 0 atom stereocenters. The van der Waals surface area contributed by atoms with Crippen molar-refractivity contribution in [3.8, 4) is 10.6 Å². The van der Waals surface area contributed by atoms with E-state index in [0.29, 0.717) is 6.04 Å². The molecule has 1 aliphatic heterocycles. The van der Waals surface area contributed by atoms with Crippen molar-refractivity contribution in [1.29, 1.82) is 0 Å².